The molecule has 0 unspecified atom stereocenters. The summed E-state index contributed by atoms with van der Waals surface area (Å²) in [5.74, 6) is 0.515. The van der Waals surface area contributed by atoms with E-state index in [-0.39, 0.29) is 18.4 Å². The molecule has 1 heterocycles. The Bertz CT molecular complexity index is 471. The van der Waals surface area contributed by atoms with Crippen LogP contribution < -0.4 is 5.73 Å². The monoisotopic (exact) mass is 340 g/mol. The Kier molecular flexibility index (Phi) is 8.03. The van der Waals surface area contributed by atoms with Gasteiger partial charge in [-0.2, -0.15) is 0 Å². The van der Waals surface area contributed by atoms with E-state index < -0.39 is 5.41 Å². The number of halogens is 1. The van der Waals surface area contributed by atoms with Crippen LogP contribution in [0.1, 0.15) is 32.3 Å². The second kappa shape index (κ2) is 9.26. The van der Waals surface area contributed by atoms with E-state index in [0.29, 0.717) is 12.5 Å². The highest BCUT2D eigenvalue weighted by molar-refractivity contribution is 5.85. The van der Waals surface area contributed by atoms with Gasteiger partial charge < -0.3 is 15.4 Å². The van der Waals surface area contributed by atoms with Crippen molar-refractivity contribution in [1.29, 1.82) is 0 Å². The third kappa shape index (κ3) is 6.13. The number of carbonyl (C=O) groups is 1. The first-order valence-corrected chi connectivity index (χ1v) is 8.15. The van der Waals surface area contributed by atoms with Crippen LogP contribution in [0.3, 0.4) is 0 Å². The zero-order valence-corrected chi connectivity index (χ0v) is 15.0. The van der Waals surface area contributed by atoms with E-state index in [4.69, 9.17) is 10.5 Å². The number of hydrogen-bond donors (Lipinski definition) is 1. The van der Waals surface area contributed by atoms with Crippen molar-refractivity contribution < 1.29 is 9.53 Å². The lowest BCUT2D eigenvalue weighted by atomic mass is 9.90. The first-order chi connectivity index (χ1) is 10.5. The maximum Gasteiger partial charge on any atom is 0.313 e. The highest BCUT2D eigenvalue weighted by Gasteiger charge is 2.33. The van der Waals surface area contributed by atoms with Crippen LogP contribution in [0, 0.1) is 11.3 Å². The van der Waals surface area contributed by atoms with Crippen LogP contribution in [-0.4, -0.2) is 37.0 Å². The minimum Gasteiger partial charge on any atom is -0.460 e. The molecule has 0 atom stereocenters. The highest BCUT2D eigenvalue weighted by Crippen LogP contribution is 2.24. The van der Waals surface area contributed by atoms with Crippen molar-refractivity contribution in [3.8, 4) is 0 Å². The van der Waals surface area contributed by atoms with E-state index in [1.54, 1.807) is 0 Å². The van der Waals surface area contributed by atoms with Crippen molar-refractivity contribution in [2.75, 3.05) is 26.2 Å². The normalized spacial score (nSPS) is 16.7. The minimum absolute atomic E-state index is 0. The molecule has 1 aromatic carbocycles. The predicted molar refractivity (Wildman–Crippen MR) is 95.5 cm³/mol. The summed E-state index contributed by atoms with van der Waals surface area (Å²) in [7, 11) is 0. The summed E-state index contributed by atoms with van der Waals surface area (Å²) in [4.78, 5) is 14.7. The standard InChI is InChI=1S/C18H28N2O2.ClH/c1-18(2,14-20-10-8-15(12-19)9-11-20)17(21)22-13-16-6-4-3-5-7-16;/h3-7,15H,8-14,19H2,1-2H3;1H. The number of ether oxygens (including phenoxy) is 1. The Morgan fingerprint density at radius 3 is 2.43 bits per heavy atom. The molecule has 1 aliphatic heterocycles. The molecule has 0 spiro atoms. The van der Waals surface area contributed by atoms with Gasteiger partial charge in [-0.15, -0.1) is 12.4 Å². The fraction of sp³-hybridized carbons (Fsp3) is 0.611. The van der Waals surface area contributed by atoms with Crippen LogP contribution in [0.15, 0.2) is 30.3 Å². The molecule has 5 heteroatoms. The minimum atomic E-state index is -0.482. The van der Waals surface area contributed by atoms with Gasteiger partial charge in [0.2, 0.25) is 0 Å². The zero-order chi connectivity index (χ0) is 16.0. The van der Waals surface area contributed by atoms with E-state index in [9.17, 15) is 4.79 Å². The number of nitrogens with zero attached hydrogens (tertiary/aromatic N) is 1. The largest absolute Gasteiger partial charge is 0.460 e. The van der Waals surface area contributed by atoms with Crippen LogP contribution in [0.4, 0.5) is 0 Å². The molecule has 1 aromatic rings. The van der Waals surface area contributed by atoms with Crippen LogP contribution in [0.2, 0.25) is 0 Å². The molecule has 23 heavy (non-hydrogen) atoms. The molecule has 2 rings (SSSR count). The van der Waals surface area contributed by atoms with Crippen LogP contribution in [0.5, 0.6) is 0 Å². The molecule has 1 aliphatic rings. The summed E-state index contributed by atoms with van der Waals surface area (Å²) in [5, 5.41) is 0. The Labute approximate surface area is 145 Å². The average molecular weight is 341 g/mol. The molecule has 1 fully saturated rings. The second-order valence-electron chi connectivity index (χ2n) is 6.90. The number of nitrogens with two attached hydrogens (primary N) is 1. The Hall–Kier alpha value is -1.10. The fourth-order valence-corrected chi connectivity index (χ4v) is 2.92. The Balaban J connectivity index is 0.00000264. The van der Waals surface area contributed by atoms with Gasteiger partial charge in [0.1, 0.15) is 6.61 Å². The molecule has 2 N–H and O–H groups in total. The van der Waals surface area contributed by atoms with Gasteiger partial charge in [-0.1, -0.05) is 30.3 Å². The summed E-state index contributed by atoms with van der Waals surface area (Å²) < 4.78 is 5.49. The van der Waals surface area contributed by atoms with Gasteiger partial charge >= 0.3 is 5.97 Å². The van der Waals surface area contributed by atoms with Crippen molar-refractivity contribution in [1.82, 2.24) is 4.90 Å². The quantitative estimate of drug-likeness (QED) is 0.809. The van der Waals surface area contributed by atoms with Gasteiger partial charge in [-0.05, 0) is 57.8 Å². The number of carbonyl (C=O) groups excluding carboxylic acids is 1. The molecule has 0 bridgehead atoms. The maximum atomic E-state index is 12.4. The SMILES string of the molecule is CC(C)(CN1CCC(CN)CC1)C(=O)OCc1ccccc1.Cl. The lowest BCUT2D eigenvalue weighted by Crippen LogP contribution is -2.44. The van der Waals surface area contributed by atoms with Crippen molar-refractivity contribution in [2.24, 2.45) is 17.1 Å². The summed E-state index contributed by atoms with van der Waals surface area (Å²) in [6.45, 7) is 7.85. The Morgan fingerprint density at radius 2 is 1.87 bits per heavy atom. The topological polar surface area (TPSA) is 55.6 Å². The van der Waals surface area contributed by atoms with Crippen molar-refractivity contribution in [3.05, 3.63) is 35.9 Å². The molecule has 0 aromatic heterocycles. The van der Waals surface area contributed by atoms with E-state index in [1.165, 1.54) is 0 Å². The molecule has 1 saturated heterocycles. The second-order valence-corrected chi connectivity index (χ2v) is 6.90. The van der Waals surface area contributed by atoms with Crippen molar-refractivity contribution in [3.63, 3.8) is 0 Å². The number of rotatable bonds is 6. The molecular weight excluding hydrogens is 312 g/mol. The Morgan fingerprint density at radius 1 is 1.26 bits per heavy atom. The zero-order valence-electron chi connectivity index (χ0n) is 14.2. The summed E-state index contributed by atoms with van der Waals surface area (Å²) in [6.07, 6.45) is 2.26. The highest BCUT2D eigenvalue weighted by atomic mass is 35.5. The molecule has 0 amide bonds. The first-order valence-electron chi connectivity index (χ1n) is 8.15. The number of esters is 1. The van der Waals surface area contributed by atoms with Gasteiger partial charge in [0, 0.05) is 6.54 Å². The van der Waals surface area contributed by atoms with E-state index in [1.807, 2.05) is 44.2 Å². The summed E-state index contributed by atoms with van der Waals surface area (Å²) in [6, 6.07) is 9.81. The van der Waals surface area contributed by atoms with Crippen LogP contribution >= 0.6 is 12.4 Å². The molecular formula is C18H29ClN2O2. The van der Waals surface area contributed by atoms with E-state index in [0.717, 1.165) is 44.6 Å². The summed E-state index contributed by atoms with van der Waals surface area (Å²) >= 11 is 0. The molecule has 4 nitrogen and oxygen atoms in total. The van der Waals surface area contributed by atoms with Gasteiger partial charge in [-0.25, -0.2) is 0 Å². The molecule has 0 radical (unpaired) electrons. The summed E-state index contributed by atoms with van der Waals surface area (Å²) in [5.41, 5.74) is 6.27. The first kappa shape index (κ1) is 19.9. The number of benzene rings is 1. The third-order valence-corrected chi connectivity index (χ3v) is 4.42. The smallest absolute Gasteiger partial charge is 0.313 e. The predicted octanol–water partition coefficient (Wildman–Crippen LogP) is 2.85. The number of likely N-dealkylation sites (tertiary alicyclic amines) is 1. The van der Waals surface area contributed by atoms with Gasteiger partial charge in [0.25, 0.3) is 0 Å². The van der Waals surface area contributed by atoms with Gasteiger partial charge in [-0.3, -0.25) is 4.79 Å². The maximum absolute atomic E-state index is 12.4. The van der Waals surface area contributed by atoms with Gasteiger partial charge in [0.15, 0.2) is 0 Å². The number of hydrogen-bond acceptors (Lipinski definition) is 4. The molecule has 0 saturated carbocycles. The molecule has 0 aliphatic carbocycles. The third-order valence-electron chi connectivity index (χ3n) is 4.42. The number of piperidine rings is 1. The lowest BCUT2D eigenvalue weighted by molar-refractivity contribution is -0.156. The average Bonchev–Trinajstić information content (AvgIpc) is 2.54. The van der Waals surface area contributed by atoms with Crippen LogP contribution in [-0.2, 0) is 16.1 Å². The molecule has 130 valence electrons. The van der Waals surface area contributed by atoms with Gasteiger partial charge in [0.05, 0.1) is 5.41 Å². The van der Waals surface area contributed by atoms with E-state index in [2.05, 4.69) is 4.90 Å². The van der Waals surface area contributed by atoms with Crippen molar-refractivity contribution in [2.45, 2.75) is 33.3 Å². The van der Waals surface area contributed by atoms with Crippen molar-refractivity contribution >= 4 is 18.4 Å². The lowest BCUT2D eigenvalue weighted by Gasteiger charge is -2.36. The van der Waals surface area contributed by atoms with Crippen LogP contribution in [0.25, 0.3) is 0 Å². The fourth-order valence-electron chi connectivity index (χ4n) is 2.92. The van der Waals surface area contributed by atoms with E-state index >= 15 is 0 Å².